The van der Waals surface area contributed by atoms with Gasteiger partial charge < -0.3 is 19.4 Å². The summed E-state index contributed by atoms with van der Waals surface area (Å²) < 4.78 is 6.61. The predicted octanol–water partition coefficient (Wildman–Crippen LogP) is 4.33. The molecule has 176 valence electrons. The van der Waals surface area contributed by atoms with Crippen LogP contribution in [0.3, 0.4) is 0 Å². The molecule has 2 N–H and O–H groups in total. The minimum Gasteiger partial charge on any atom is -0.506 e. The molecule has 4 aliphatic rings. The van der Waals surface area contributed by atoms with Gasteiger partial charge in [-0.3, -0.25) is 4.79 Å². The Hall–Kier alpha value is -3.71. The van der Waals surface area contributed by atoms with Gasteiger partial charge in [0.05, 0.1) is 17.6 Å². The molecule has 3 aliphatic heterocycles. The molecule has 1 spiro atoms. The first-order valence-electron chi connectivity index (χ1n) is 12.3. The molecule has 0 saturated carbocycles. The zero-order chi connectivity index (χ0) is 23.8. The van der Waals surface area contributed by atoms with Crippen LogP contribution in [0.15, 0.2) is 76.0 Å². The number of quaternary nitrogens is 1. The number of benzene rings is 2. The third-order valence-electron chi connectivity index (χ3n) is 8.92. The van der Waals surface area contributed by atoms with E-state index in [2.05, 4.69) is 29.5 Å². The number of aldehydes is 1. The first-order valence-corrected chi connectivity index (χ1v) is 12.3. The average Bonchev–Trinajstić information content (AvgIpc) is 3.58. The smallest absolute Gasteiger partial charge is 0.282 e. The van der Waals surface area contributed by atoms with E-state index in [1.807, 2.05) is 36.4 Å². The Labute approximate surface area is 203 Å². The summed E-state index contributed by atoms with van der Waals surface area (Å²) >= 11 is 0. The molecule has 2 bridgehead atoms. The lowest BCUT2D eigenvalue weighted by Gasteiger charge is -2.52. The fourth-order valence-electron chi connectivity index (χ4n) is 7.47. The first kappa shape index (κ1) is 20.6. The van der Waals surface area contributed by atoms with E-state index in [1.54, 1.807) is 6.07 Å². The number of allylic oxidation sites excluding steroid dienone is 2. The number of fused-ring (bicyclic) bond motifs is 2. The molecule has 1 aromatic heterocycles. The van der Waals surface area contributed by atoms with Crippen LogP contribution in [0.5, 0.6) is 5.75 Å². The van der Waals surface area contributed by atoms with Crippen LogP contribution in [0.2, 0.25) is 0 Å². The lowest BCUT2D eigenvalue weighted by Crippen LogP contribution is -2.62. The number of anilines is 1. The summed E-state index contributed by atoms with van der Waals surface area (Å²) in [4.78, 5) is 17.2. The molecule has 2 fully saturated rings. The van der Waals surface area contributed by atoms with Crippen LogP contribution in [-0.4, -0.2) is 45.1 Å². The van der Waals surface area contributed by atoms with Crippen molar-refractivity contribution >= 4 is 12.0 Å². The number of hydrogen-bond acceptors (Lipinski definition) is 6. The van der Waals surface area contributed by atoms with Gasteiger partial charge in [0.15, 0.2) is 6.54 Å². The number of phenols is 1. The molecule has 2 unspecified atom stereocenters. The fourth-order valence-corrected chi connectivity index (χ4v) is 7.47. The molecule has 1 aliphatic carbocycles. The highest BCUT2D eigenvalue weighted by Crippen LogP contribution is 2.64. The van der Waals surface area contributed by atoms with Crippen LogP contribution in [0.25, 0.3) is 11.4 Å². The second-order valence-corrected chi connectivity index (χ2v) is 10.3. The second-order valence-electron chi connectivity index (χ2n) is 10.3. The third kappa shape index (κ3) is 2.61. The van der Waals surface area contributed by atoms with Crippen molar-refractivity contribution in [1.29, 1.82) is 0 Å². The van der Waals surface area contributed by atoms with E-state index in [-0.39, 0.29) is 23.1 Å². The van der Waals surface area contributed by atoms with Crippen molar-refractivity contribution in [2.45, 2.75) is 37.8 Å². The Bertz CT molecular complexity index is 1420. The van der Waals surface area contributed by atoms with E-state index in [4.69, 9.17) is 9.51 Å². The van der Waals surface area contributed by atoms with Gasteiger partial charge in [0.1, 0.15) is 24.6 Å². The second kappa shape index (κ2) is 7.15. The largest absolute Gasteiger partial charge is 0.506 e. The lowest BCUT2D eigenvalue weighted by molar-refractivity contribution is -0.955. The predicted molar refractivity (Wildman–Crippen MR) is 130 cm³/mol. The monoisotopic (exact) mass is 467 g/mol. The Kier molecular flexibility index (Phi) is 4.22. The molecule has 7 nitrogen and oxygen atoms in total. The molecule has 2 saturated heterocycles. The van der Waals surface area contributed by atoms with Crippen LogP contribution in [0, 0.1) is 5.92 Å². The van der Waals surface area contributed by atoms with Gasteiger partial charge in [0.25, 0.3) is 5.89 Å². The van der Waals surface area contributed by atoms with E-state index < -0.39 is 0 Å². The molecule has 4 atom stereocenters. The highest BCUT2D eigenvalue weighted by molar-refractivity contribution is 5.86. The summed E-state index contributed by atoms with van der Waals surface area (Å²) in [6.07, 6.45) is 5.02. The van der Waals surface area contributed by atoms with Crippen LogP contribution < -0.4 is 5.32 Å². The Morgan fingerprint density at radius 3 is 2.89 bits per heavy atom. The zero-order valence-corrected chi connectivity index (χ0v) is 19.6. The minimum absolute atomic E-state index is 0.0986. The third-order valence-corrected chi connectivity index (χ3v) is 8.92. The highest BCUT2D eigenvalue weighted by Gasteiger charge is 2.69. The summed E-state index contributed by atoms with van der Waals surface area (Å²) in [7, 11) is 0. The number of piperidine rings is 1. The van der Waals surface area contributed by atoms with Gasteiger partial charge in [0, 0.05) is 35.6 Å². The summed E-state index contributed by atoms with van der Waals surface area (Å²) in [5.74, 6) is 1.59. The number of aromatic nitrogens is 2. The molecular weight excluding hydrogens is 440 g/mol. The van der Waals surface area contributed by atoms with Gasteiger partial charge in [-0.1, -0.05) is 53.7 Å². The molecule has 7 rings (SSSR count). The van der Waals surface area contributed by atoms with E-state index in [0.717, 1.165) is 64.8 Å². The van der Waals surface area contributed by atoms with E-state index in [1.165, 1.54) is 5.57 Å². The average molecular weight is 468 g/mol. The van der Waals surface area contributed by atoms with Gasteiger partial charge >= 0.3 is 0 Å². The minimum atomic E-state index is -0.317. The summed E-state index contributed by atoms with van der Waals surface area (Å²) in [5.41, 5.74) is 5.60. The number of rotatable bonds is 4. The van der Waals surface area contributed by atoms with Crippen molar-refractivity contribution in [2.24, 2.45) is 5.92 Å². The molecule has 0 amide bonds. The lowest BCUT2D eigenvalue weighted by atomic mass is 9.61. The number of hydrogen-bond donors (Lipinski definition) is 2. The van der Waals surface area contributed by atoms with Crippen LogP contribution >= 0.6 is 0 Å². The highest BCUT2D eigenvalue weighted by atomic mass is 16.5. The van der Waals surface area contributed by atoms with E-state index >= 15 is 0 Å². The SMILES string of the molecule is C/C=C1/C[N+]2(Cc3nc(-c4ccccc4)no3)CC[C@]34C(=C(C=O)[C@H]1CC32)Nc1c(O)cccc14. The first-order chi connectivity index (χ1) is 17.1. The van der Waals surface area contributed by atoms with Gasteiger partial charge in [0.2, 0.25) is 5.82 Å². The van der Waals surface area contributed by atoms with Crippen LogP contribution in [-0.2, 0) is 16.8 Å². The number of carbonyl (C=O) groups excluding carboxylic acids is 1. The van der Waals surface area contributed by atoms with Crippen molar-refractivity contribution in [1.82, 2.24) is 10.1 Å². The molecule has 0 radical (unpaired) electrons. The fraction of sp³-hybridized carbons (Fsp3) is 0.321. The topological polar surface area (TPSA) is 88.2 Å². The van der Waals surface area contributed by atoms with Gasteiger partial charge in [-0.05, 0) is 24.1 Å². The van der Waals surface area contributed by atoms with Crippen molar-refractivity contribution in [2.75, 3.05) is 18.4 Å². The normalized spacial score (nSPS) is 31.3. The molecule has 3 aromatic rings. The van der Waals surface area contributed by atoms with E-state index in [0.29, 0.717) is 18.3 Å². The zero-order valence-electron chi connectivity index (χ0n) is 19.6. The number of para-hydroxylation sites is 1. The van der Waals surface area contributed by atoms with Crippen molar-refractivity contribution in [3.05, 3.63) is 82.9 Å². The molecular formula is C28H27N4O3+. The van der Waals surface area contributed by atoms with Crippen LogP contribution in [0.1, 0.15) is 31.2 Å². The number of carbonyl (C=O) groups is 1. The Balaban J connectivity index is 1.37. The molecule has 4 heterocycles. The molecule has 7 heteroatoms. The Morgan fingerprint density at radius 2 is 2.09 bits per heavy atom. The Morgan fingerprint density at radius 1 is 1.23 bits per heavy atom. The summed E-state index contributed by atoms with van der Waals surface area (Å²) in [6, 6.07) is 15.9. The molecule has 2 aromatic carbocycles. The van der Waals surface area contributed by atoms with Crippen molar-refractivity contribution < 1.29 is 18.9 Å². The van der Waals surface area contributed by atoms with Crippen molar-refractivity contribution in [3.63, 3.8) is 0 Å². The summed E-state index contributed by atoms with van der Waals surface area (Å²) in [5, 5.41) is 18.5. The van der Waals surface area contributed by atoms with Gasteiger partial charge in [-0.2, -0.15) is 4.98 Å². The molecule has 35 heavy (non-hydrogen) atoms. The number of phenolic OH excluding ortho intramolecular Hbond substituents is 1. The summed E-state index contributed by atoms with van der Waals surface area (Å²) in [6.45, 7) is 4.51. The number of aromatic hydroxyl groups is 1. The van der Waals surface area contributed by atoms with E-state index in [9.17, 15) is 9.90 Å². The quantitative estimate of drug-likeness (QED) is 0.257. The number of nitrogens with zero attached hydrogens (tertiary/aromatic N) is 3. The number of nitrogens with one attached hydrogen (secondary N) is 1. The van der Waals surface area contributed by atoms with Gasteiger partial charge in [-0.15, -0.1) is 0 Å². The maximum absolute atomic E-state index is 12.5. The van der Waals surface area contributed by atoms with Gasteiger partial charge in [-0.25, -0.2) is 0 Å². The maximum Gasteiger partial charge on any atom is 0.282 e. The van der Waals surface area contributed by atoms with Crippen LogP contribution in [0.4, 0.5) is 5.69 Å². The maximum atomic E-state index is 12.5. The standard InChI is InChI=1S/C28H26N4O3/c1-2-17-14-32(15-24-29-27(31-35-24)18-7-4-3-5-8-18)12-11-28-21-9-6-10-22(34)25(21)30-26(28)20(16-33)19(17)13-23(28)32/h2-10,16,19,23H,11-15H2,1H3,(H-,30,33,34)/p+1/b17-2-/t19-,23?,28+,32?/m0/s1. The van der Waals surface area contributed by atoms with Crippen molar-refractivity contribution in [3.8, 4) is 17.1 Å².